The van der Waals surface area contributed by atoms with Gasteiger partial charge >= 0.3 is 5.97 Å². The second-order valence-electron chi connectivity index (χ2n) is 5.56. The fourth-order valence-electron chi connectivity index (χ4n) is 2.35. The molecule has 0 aliphatic rings. The number of amides is 1. The lowest BCUT2D eigenvalue weighted by atomic mass is 9.97. The predicted octanol–water partition coefficient (Wildman–Crippen LogP) is 3.45. The highest BCUT2D eigenvalue weighted by Crippen LogP contribution is 2.21. The lowest BCUT2D eigenvalue weighted by Gasteiger charge is -2.21. The maximum absolute atomic E-state index is 12.2. The molecule has 0 radical (unpaired) electrons. The first kappa shape index (κ1) is 17.2. The molecule has 4 nitrogen and oxygen atoms in total. The maximum Gasteiger partial charge on any atom is 0.305 e. The van der Waals surface area contributed by atoms with E-state index in [1.165, 1.54) is 0 Å². The van der Waals surface area contributed by atoms with Crippen molar-refractivity contribution in [2.24, 2.45) is 5.92 Å². The van der Waals surface area contributed by atoms with Gasteiger partial charge in [-0.05, 0) is 24.5 Å². The molecule has 1 amide bonds. The van der Waals surface area contributed by atoms with Gasteiger partial charge in [-0.3, -0.25) is 9.59 Å². The Balaban J connectivity index is 2.82. The number of carboxylic acid groups (broad SMARTS) is 1. The van der Waals surface area contributed by atoms with Gasteiger partial charge in [0, 0.05) is 5.92 Å². The third-order valence-corrected chi connectivity index (χ3v) is 3.70. The average molecular weight is 291 g/mol. The van der Waals surface area contributed by atoms with Crippen molar-refractivity contribution in [3.63, 3.8) is 0 Å². The smallest absolute Gasteiger partial charge is 0.305 e. The maximum atomic E-state index is 12.2. The van der Waals surface area contributed by atoms with Crippen molar-refractivity contribution in [3.05, 3.63) is 35.4 Å². The van der Waals surface area contributed by atoms with Gasteiger partial charge in [0.25, 0.3) is 0 Å². The van der Waals surface area contributed by atoms with E-state index in [0.717, 1.165) is 30.4 Å². The molecule has 0 aliphatic heterocycles. The molecule has 116 valence electrons. The molecule has 0 fully saturated rings. The fourth-order valence-corrected chi connectivity index (χ4v) is 2.35. The summed E-state index contributed by atoms with van der Waals surface area (Å²) in [5.41, 5.74) is 1.86. The highest BCUT2D eigenvalue weighted by atomic mass is 16.4. The van der Waals surface area contributed by atoms with Gasteiger partial charge in [-0.1, -0.05) is 51.0 Å². The summed E-state index contributed by atoms with van der Waals surface area (Å²) in [5, 5.41) is 12.0. The van der Waals surface area contributed by atoms with Crippen LogP contribution in [0, 0.1) is 12.8 Å². The normalized spacial score (nSPS) is 13.5. The van der Waals surface area contributed by atoms with E-state index in [-0.39, 0.29) is 18.2 Å². The van der Waals surface area contributed by atoms with Crippen molar-refractivity contribution >= 4 is 11.9 Å². The first-order valence-electron chi connectivity index (χ1n) is 7.53. The number of rotatable bonds is 8. The topological polar surface area (TPSA) is 66.4 Å². The molecule has 0 aliphatic carbocycles. The van der Waals surface area contributed by atoms with Gasteiger partial charge in [-0.25, -0.2) is 0 Å². The Morgan fingerprint density at radius 3 is 2.52 bits per heavy atom. The Morgan fingerprint density at radius 1 is 1.29 bits per heavy atom. The molecule has 0 saturated carbocycles. The second-order valence-corrected chi connectivity index (χ2v) is 5.56. The fraction of sp³-hybridized carbons (Fsp3) is 0.529. The van der Waals surface area contributed by atoms with E-state index in [9.17, 15) is 9.59 Å². The zero-order chi connectivity index (χ0) is 15.8. The summed E-state index contributed by atoms with van der Waals surface area (Å²) in [7, 11) is 0. The zero-order valence-corrected chi connectivity index (χ0v) is 13.1. The van der Waals surface area contributed by atoms with Gasteiger partial charge in [0.05, 0.1) is 12.5 Å². The van der Waals surface area contributed by atoms with E-state index in [1.807, 2.05) is 38.1 Å². The van der Waals surface area contributed by atoms with Crippen molar-refractivity contribution in [2.75, 3.05) is 0 Å². The van der Waals surface area contributed by atoms with Crippen molar-refractivity contribution < 1.29 is 14.7 Å². The van der Waals surface area contributed by atoms with E-state index in [4.69, 9.17) is 5.11 Å². The molecule has 0 saturated heterocycles. The second kappa shape index (κ2) is 8.45. The third-order valence-electron chi connectivity index (χ3n) is 3.70. The summed E-state index contributed by atoms with van der Waals surface area (Å²) in [6, 6.07) is 7.10. The minimum absolute atomic E-state index is 0.0713. The van der Waals surface area contributed by atoms with Crippen LogP contribution < -0.4 is 5.32 Å². The monoisotopic (exact) mass is 291 g/mol. The molecule has 1 aromatic rings. The molecular formula is C17H25NO3. The van der Waals surface area contributed by atoms with Crippen molar-refractivity contribution in [3.8, 4) is 0 Å². The summed E-state index contributed by atoms with van der Waals surface area (Å²) in [6.07, 6.45) is 2.78. The molecule has 2 atom stereocenters. The SMILES string of the molecule is CCCCC(C)C(=O)NC(CC(=O)O)c1ccccc1C. The Labute approximate surface area is 126 Å². The minimum Gasteiger partial charge on any atom is -0.481 e. The molecule has 2 N–H and O–H groups in total. The van der Waals surface area contributed by atoms with Crippen LogP contribution in [0.5, 0.6) is 0 Å². The van der Waals surface area contributed by atoms with E-state index in [2.05, 4.69) is 12.2 Å². The summed E-state index contributed by atoms with van der Waals surface area (Å²) < 4.78 is 0. The van der Waals surface area contributed by atoms with Gasteiger partial charge < -0.3 is 10.4 Å². The number of hydrogen-bond acceptors (Lipinski definition) is 2. The van der Waals surface area contributed by atoms with Gasteiger partial charge in [0.2, 0.25) is 5.91 Å². The lowest BCUT2D eigenvalue weighted by molar-refractivity contribution is -0.137. The number of benzene rings is 1. The molecule has 0 aromatic heterocycles. The van der Waals surface area contributed by atoms with E-state index in [0.29, 0.717) is 0 Å². The predicted molar refractivity (Wildman–Crippen MR) is 83.0 cm³/mol. The lowest BCUT2D eigenvalue weighted by Crippen LogP contribution is -2.34. The first-order valence-corrected chi connectivity index (χ1v) is 7.53. The molecule has 21 heavy (non-hydrogen) atoms. The molecule has 2 unspecified atom stereocenters. The molecule has 0 spiro atoms. The largest absolute Gasteiger partial charge is 0.481 e. The number of unbranched alkanes of at least 4 members (excludes halogenated alkanes) is 1. The van der Waals surface area contributed by atoms with Crippen LogP contribution in [-0.2, 0) is 9.59 Å². The number of aryl methyl sites for hydroxylation is 1. The van der Waals surface area contributed by atoms with E-state index < -0.39 is 12.0 Å². The molecule has 1 aromatic carbocycles. The summed E-state index contributed by atoms with van der Waals surface area (Å²) in [6.45, 7) is 5.91. The van der Waals surface area contributed by atoms with Crippen LogP contribution in [-0.4, -0.2) is 17.0 Å². The van der Waals surface area contributed by atoms with Gasteiger partial charge in [0.15, 0.2) is 0 Å². The van der Waals surface area contributed by atoms with Gasteiger partial charge in [-0.2, -0.15) is 0 Å². The summed E-state index contributed by atoms with van der Waals surface area (Å²) >= 11 is 0. The third kappa shape index (κ3) is 5.58. The van der Waals surface area contributed by atoms with Crippen LogP contribution in [0.2, 0.25) is 0 Å². The van der Waals surface area contributed by atoms with Crippen LogP contribution in [0.1, 0.15) is 56.7 Å². The van der Waals surface area contributed by atoms with Gasteiger partial charge in [0.1, 0.15) is 0 Å². The standard InChI is InChI=1S/C17H25NO3/c1-4-5-8-13(3)17(21)18-15(11-16(19)20)14-10-7-6-9-12(14)2/h6-7,9-10,13,15H,4-5,8,11H2,1-3H3,(H,18,21)(H,19,20). The minimum atomic E-state index is -0.912. The first-order chi connectivity index (χ1) is 9.95. The van der Waals surface area contributed by atoms with E-state index in [1.54, 1.807) is 0 Å². The van der Waals surface area contributed by atoms with Crippen LogP contribution >= 0.6 is 0 Å². The molecule has 1 rings (SSSR count). The molecule has 0 heterocycles. The van der Waals surface area contributed by atoms with Crippen LogP contribution in [0.3, 0.4) is 0 Å². The number of nitrogens with one attached hydrogen (secondary N) is 1. The summed E-state index contributed by atoms with van der Waals surface area (Å²) in [4.78, 5) is 23.3. The average Bonchev–Trinajstić information content (AvgIpc) is 2.44. The van der Waals surface area contributed by atoms with E-state index >= 15 is 0 Å². The Hall–Kier alpha value is -1.84. The quantitative estimate of drug-likeness (QED) is 0.771. The number of carbonyl (C=O) groups is 2. The van der Waals surface area contributed by atoms with Crippen LogP contribution in [0.15, 0.2) is 24.3 Å². The Morgan fingerprint density at radius 2 is 1.95 bits per heavy atom. The number of carbonyl (C=O) groups excluding carboxylic acids is 1. The highest BCUT2D eigenvalue weighted by Gasteiger charge is 2.22. The van der Waals surface area contributed by atoms with Crippen LogP contribution in [0.25, 0.3) is 0 Å². The van der Waals surface area contributed by atoms with Crippen molar-refractivity contribution in [1.82, 2.24) is 5.32 Å². The number of aliphatic carboxylic acids is 1. The highest BCUT2D eigenvalue weighted by molar-refractivity contribution is 5.79. The van der Waals surface area contributed by atoms with Gasteiger partial charge in [-0.15, -0.1) is 0 Å². The van der Waals surface area contributed by atoms with Crippen LogP contribution in [0.4, 0.5) is 0 Å². The number of hydrogen-bond donors (Lipinski definition) is 2. The van der Waals surface area contributed by atoms with Crippen molar-refractivity contribution in [1.29, 1.82) is 0 Å². The molecular weight excluding hydrogens is 266 g/mol. The zero-order valence-electron chi connectivity index (χ0n) is 13.1. The Bertz CT molecular complexity index is 485. The molecule has 4 heteroatoms. The van der Waals surface area contributed by atoms with Crippen molar-refractivity contribution in [2.45, 2.75) is 52.5 Å². The molecule has 0 bridgehead atoms. The summed E-state index contributed by atoms with van der Waals surface area (Å²) in [5.74, 6) is -1.08. The Kier molecular flexibility index (Phi) is 6.92. The number of carboxylic acids is 1.